The number of methoxy groups -OCH3 is 2. The summed E-state index contributed by atoms with van der Waals surface area (Å²) in [5.41, 5.74) is 1.26. The highest BCUT2D eigenvalue weighted by Gasteiger charge is 2.26. The zero-order valence-corrected chi connectivity index (χ0v) is 11.1. The van der Waals surface area contributed by atoms with Gasteiger partial charge in [0.25, 0.3) is 0 Å². The summed E-state index contributed by atoms with van der Waals surface area (Å²) in [6, 6.07) is 3.39. The molecule has 0 aromatic heterocycles. The third kappa shape index (κ3) is 2.44. The lowest BCUT2D eigenvalue weighted by atomic mass is 9.95. The molecule has 1 saturated heterocycles. The van der Waals surface area contributed by atoms with Gasteiger partial charge in [0.2, 0.25) is 0 Å². The van der Waals surface area contributed by atoms with Gasteiger partial charge in [-0.3, -0.25) is 0 Å². The van der Waals surface area contributed by atoms with Crippen molar-refractivity contribution in [1.82, 2.24) is 0 Å². The van der Waals surface area contributed by atoms with Crippen LogP contribution in [0.5, 0.6) is 5.75 Å². The number of rotatable bonds is 3. The van der Waals surface area contributed by atoms with Crippen LogP contribution in [0.4, 0.5) is 0 Å². The fraction of sp³-hybridized carbons (Fsp3) is 0.462. The summed E-state index contributed by atoms with van der Waals surface area (Å²) in [5, 5.41) is 0.498. The summed E-state index contributed by atoms with van der Waals surface area (Å²) in [5.74, 6) is 0.290. The van der Waals surface area contributed by atoms with E-state index in [-0.39, 0.29) is 5.92 Å². The molecule has 0 N–H and O–H groups in total. The number of ether oxygens (including phenoxy) is 3. The number of benzene rings is 1. The molecule has 0 spiro atoms. The number of carbonyl (C=O) groups is 1. The molecule has 0 bridgehead atoms. The van der Waals surface area contributed by atoms with Crippen LogP contribution >= 0.6 is 11.6 Å². The van der Waals surface area contributed by atoms with Crippen LogP contribution in [0.3, 0.4) is 0 Å². The predicted octanol–water partition coefficient (Wildman–Crippen LogP) is 2.64. The minimum atomic E-state index is -0.450. The topological polar surface area (TPSA) is 44.8 Å². The highest BCUT2D eigenvalue weighted by atomic mass is 35.5. The standard InChI is InChI=1S/C13H15ClO4/c1-16-12-10(8-3-4-18-7-8)5-9(14)6-11(12)13(15)17-2/h5-6,8H,3-4,7H2,1-2H3. The summed E-state index contributed by atoms with van der Waals surface area (Å²) in [4.78, 5) is 11.7. The van der Waals surface area contributed by atoms with Crippen LogP contribution in [0.15, 0.2) is 12.1 Å². The number of halogens is 1. The molecule has 18 heavy (non-hydrogen) atoms. The van der Waals surface area contributed by atoms with Gasteiger partial charge in [0.15, 0.2) is 0 Å². The molecule has 98 valence electrons. The molecular formula is C13H15ClO4. The van der Waals surface area contributed by atoms with Crippen molar-refractivity contribution in [3.05, 3.63) is 28.3 Å². The van der Waals surface area contributed by atoms with Crippen LogP contribution in [0.25, 0.3) is 0 Å². The molecule has 4 nitrogen and oxygen atoms in total. The van der Waals surface area contributed by atoms with E-state index in [4.69, 9.17) is 25.8 Å². The second-order valence-electron chi connectivity index (χ2n) is 4.13. The minimum Gasteiger partial charge on any atom is -0.496 e. The zero-order valence-electron chi connectivity index (χ0n) is 10.4. The van der Waals surface area contributed by atoms with Crippen LogP contribution < -0.4 is 4.74 Å². The molecule has 0 amide bonds. The van der Waals surface area contributed by atoms with Gasteiger partial charge in [-0.05, 0) is 18.6 Å². The first-order chi connectivity index (χ1) is 8.67. The van der Waals surface area contributed by atoms with E-state index in [2.05, 4.69) is 0 Å². The van der Waals surface area contributed by atoms with Crippen molar-refractivity contribution in [2.45, 2.75) is 12.3 Å². The van der Waals surface area contributed by atoms with E-state index in [1.807, 2.05) is 6.07 Å². The van der Waals surface area contributed by atoms with Gasteiger partial charge in [0.1, 0.15) is 11.3 Å². The average molecular weight is 271 g/mol. The van der Waals surface area contributed by atoms with Crippen LogP contribution in [0.2, 0.25) is 5.02 Å². The Morgan fingerprint density at radius 1 is 1.44 bits per heavy atom. The predicted molar refractivity (Wildman–Crippen MR) is 67.5 cm³/mol. The molecule has 0 saturated carbocycles. The second kappa shape index (κ2) is 5.59. The largest absolute Gasteiger partial charge is 0.496 e. The first kappa shape index (κ1) is 13.2. The third-order valence-corrected chi connectivity index (χ3v) is 3.28. The molecular weight excluding hydrogens is 256 g/mol. The van der Waals surface area contributed by atoms with E-state index in [1.165, 1.54) is 14.2 Å². The molecule has 1 aliphatic rings. The number of carbonyl (C=O) groups excluding carboxylic acids is 1. The fourth-order valence-corrected chi connectivity index (χ4v) is 2.41. The summed E-state index contributed by atoms with van der Waals surface area (Å²) in [7, 11) is 2.87. The van der Waals surface area contributed by atoms with Crippen molar-refractivity contribution in [2.75, 3.05) is 27.4 Å². The van der Waals surface area contributed by atoms with E-state index >= 15 is 0 Å². The van der Waals surface area contributed by atoms with Gasteiger partial charge in [0.05, 0.1) is 20.8 Å². The van der Waals surface area contributed by atoms with E-state index in [9.17, 15) is 4.79 Å². The number of hydrogen-bond donors (Lipinski definition) is 0. The Morgan fingerprint density at radius 3 is 2.78 bits per heavy atom. The molecule has 1 atom stereocenters. The van der Waals surface area contributed by atoms with Gasteiger partial charge in [-0.15, -0.1) is 0 Å². The molecule has 1 aromatic carbocycles. The minimum absolute atomic E-state index is 0.210. The van der Waals surface area contributed by atoms with Gasteiger partial charge in [0, 0.05) is 23.1 Å². The van der Waals surface area contributed by atoms with Crippen LogP contribution in [-0.2, 0) is 9.47 Å². The molecule has 5 heteroatoms. The van der Waals surface area contributed by atoms with E-state index in [0.29, 0.717) is 29.5 Å². The first-order valence-electron chi connectivity index (χ1n) is 5.71. The summed E-state index contributed by atoms with van der Waals surface area (Å²) in [6.07, 6.45) is 0.900. The Labute approximate surface area is 111 Å². The normalized spacial score (nSPS) is 18.7. The third-order valence-electron chi connectivity index (χ3n) is 3.06. The van der Waals surface area contributed by atoms with Crippen molar-refractivity contribution in [3.8, 4) is 5.75 Å². The quantitative estimate of drug-likeness (QED) is 0.792. The molecule has 1 fully saturated rings. The summed E-state index contributed by atoms with van der Waals surface area (Å²) in [6.45, 7) is 1.34. The Morgan fingerprint density at radius 2 is 2.22 bits per heavy atom. The van der Waals surface area contributed by atoms with Crippen molar-refractivity contribution in [2.24, 2.45) is 0 Å². The van der Waals surface area contributed by atoms with E-state index < -0.39 is 5.97 Å². The van der Waals surface area contributed by atoms with E-state index in [1.54, 1.807) is 6.07 Å². The lowest BCUT2D eigenvalue weighted by molar-refractivity contribution is 0.0596. The molecule has 1 aliphatic heterocycles. The smallest absolute Gasteiger partial charge is 0.341 e. The highest BCUT2D eigenvalue weighted by molar-refractivity contribution is 6.31. The van der Waals surface area contributed by atoms with Gasteiger partial charge in [-0.25, -0.2) is 4.79 Å². The highest BCUT2D eigenvalue weighted by Crippen LogP contribution is 2.37. The van der Waals surface area contributed by atoms with Gasteiger partial charge in [-0.2, -0.15) is 0 Å². The lowest BCUT2D eigenvalue weighted by Gasteiger charge is -2.16. The maximum atomic E-state index is 11.7. The summed E-state index contributed by atoms with van der Waals surface area (Å²) >= 11 is 6.05. The Balaban J connectivity index is 2.50. The molecule has 1 aromatic rings. The summed E-state index contributed by atoms with van der Waals surface area (Å²) < 4.78 is 15.5. The van der Waals surface area contributed by atoms with Crippen molar-refractivity contribution < 1.29 is 19.0 Å². The van der Waals surface area contributed by atoms with Crippen molar-refractivity contribution in [3.63, 3.8) is 0 Å². The Hall–Kier alpha value is -1.26. The first-order valence-corrected chi connectivity index (χ1v) is 6.08. The molecule has 1 heterocycles. The SMILES string of the molecule is COC(=O)c1cc(Cl)cc(C2CCOC2)c1OC. The average Bonchev–Trinajstić information content (AvgIpc) is 2.90. The lowest BCUT2D eigenvalue weighted by Crippen LogP contribution is -2.09. The number of esters is 1. The number of hydrogen-bond acceptors (Lipinski definition) is 4. The molecule has 2 rings (SSSR count). The molecule has 0 aliphatic carbocycles. The molecule has 0 radical (unpaired) electrons. The van der Waals surface area contributed by atoms with Crippen LogP contribution in [0.1, 0.15) is 28.3 Å². The van der Waals surface area contributed by atoms with Crippen molar-refractivity contribution >= 4 is 17.6 Å². The van der Waals surface area contributed by atoms with E-state index in [0.717, 1.165) is 12.0 Å². The van der Waals surface area contributed by atoms with Crippen LogP contribution in [0, 0.1) is 0 Å². The molecule has 1 unspecified atom stereocenters. The maximum absolute atomic E-state index is 11.7. The maximum Gasteiger partial charge on any atom is 0.341 e. The fourth-order valence-electron chi connectivity index (χ4n) is 2.19. The van der Waals surface area contributed by atoms with Gasteiger partial charge >= 0.3 is 5.97 Å². The van der Waals surface area contributed by atoms with Crippen LogP contribution in [-0.4, -0.2) is 33.4 Å². The van der Waals surface area contributed by atoms with Gasteiger partial charge < -0.3 is 14.2 Å². The van der Waals surface area contributed by atoms with Gasteiger partial charge in [-0.1, -0.05) is 11.6 Å². The monoisotopic (exact) mass is 270 g/mol. The Bertz CT molecular complexity index is 453. The second-order valence-corrected chi connectivity index (χ2v) is 4.56. The van der Waals surface area contributed by atoms with Crippen molar-refractivity contribution in [1.29, 1.82) is 0 Å². The Kier molecular flexibility index (Phi) is 4.09. The zero-order chi connectivity index (χ0) is 13.1.